The molecule has 0 bridgehead atoms. The second-order valence-electron chi connectivity index (χ2n) is 5.37. The highest BCUT2D eigenvalue weighted by Crippen LogP contribution is 2.09. The highest BCUT2D eigenvalue weighted by Gasteiger charge is 2.12. The molecule has 2 aromatic rings. The van der Waals surface area contributed by atoms with E-state index in [-0.39, 0.29) is 17.9 Å². The molecule has 0 saturated carbocycles. The fourth-order valence-electron chi connectivity index (χ4n) is 2.06. The number of carboxylic acids is 1. The summed E-state index contributed by atoms with van der Waals surface area (Å²) in [4.78, 5) is 22.9. The molecule has 9 heteroatoms. The largest absolute Gasteiger partial charge is 0.478 e. The standard InChI is InChI=1S/C16H18N2O6S/c1-25(22,23)18-10-13-5-6-14(24-13)15(19)17-8-7-11-3-2-4-12(9-11)16(20)21/h2-6,9,18H,7-8,10H2,1H3,(H,17,19)(H,20,21). The van der Waals surface area contributed by atoms with E-state index in [1.165, 1.54) is 18.2 Å². The second kappa shape index (κ2) is 7.95. The molecule has 0 saturated heterocycles. The number of sulfonamides is 1. The Morgan fingerprint density at radius 3 is 2.64 bits per heavy atom. The topological polar surface area (TPSA) is 126 Å². The third-order valence-corrected chi connectivity index (χ3v) is 3.94. The zero-order valence-electron chi connectivity index (χ0n) is 13.5. The number of amides is 1. The Balaban J connectivity index is 1.85. The molecule has 0 aliphatic heterocycles. The van der Waals surface area contributed by atoms with Crippen LogP contribution in [0.2, 0.25) is 0 Å². The van der Waals surface area contributed by atoms with Crippen molar-refractivity contribution in [3.63, 3.8) is 0 Å². The highest BCUT2D eigenvalue weighted by atomic mass is 32.2. The third-order valence-electron chi connectivity index (χ3n) is 3.27. The van der Waals surface area contributed by atoms with Gasteiger partial charge in [-0.1, -0.05) is 12.1 Å². The Labute approximate surface area is 144 Å². The van der Waals surface area contributed by atoms with E-state index in [1.807, 2.05) is 0 Å². The van der Waals surface area contributed by atoms with Crippen molar-refractivity contribution >= 4 is 21.9 Å². The molecule has 8 nitrogen and oxygen atoms in total. The van der Waals surface area contributed by atoms with Crippen LogP contribution in [0.1, 0.15) is 32.2 Å². The maximum atomic E-state index is 12.0. The lowest BCUT2D eigenvalue weighted by molar-refractivity contribution is 0.0696. The molecular formula is C16H18N2O6S. The van der Waals surface area contributed by atoms with Crippen molar-refractivity contribution in [1.29, 1.82) is 0 Å². The van der Waals surface area contributed by atoms with Gasteiger partial charge in [0, 0.05) is 6.54 Å². The molecule has 1 aromatic carbocycles. The smallest absolute Gasteiger partial charge is 0.335 e. The van der Waals surface area contributed by atoms with Crippen LogP contribution in [-0.4, -0.2) is 38.2 Å². The minimum atomic E-state index is -3.34. The Hall–Kier alpha value is -2.65. The van der Waals surface area contributed by atoms with E-state index in [1.54, 1.807) is 18.2 Å². The van der Waals surface area contributed by atoms with Crippen LogP contribution in [0.4, 0.5) is 0 Å². The number of aromatic carboxylic acids is 1. The lowest BCUT2D eigenvalue weighted by Crippen LogP contribution is -2.25. The molecule has 1 amide bonds. The van der Waals surface area contributed by atoms with Crippen molar-refractivity contribution in [2.24, 2.45) is 0 Å². The van der Waals surface area contributed by atoms with Gasteiger partial charge in [-0.15, -0.1) is 0 Å². The van der Waals surface area contributed by atoms with Gasteiger partial charge in [-0.2, -0.15) is 0 Å². The Kier molecular flexibility index (Phi) is 5.94. The van der Waals surface area contributed by atoms with Crippen LogP contribution in [0.15, 0.2) is 40.8 Å². The first kappa shape index (κ1) is 18.7. The summed E-state index contributed by atoms with van der Waals surface area (Å²) in [6.45, 7) is 0.271. The molecule has 0 radical (unpaired) electrons. The Morgan fingerprint density at radius 1 is 1.20 bits per heavy atom. The van der Waals surface area contributed by atoms with Gasteiger partial charge in [0.1, 0.15) is 5.76 Å². The summed E-state index contributed by atoms with van der Waals surface area (Å²) in [5.74, 6) is -1.04. The average molecular weight is 366 g/mol. The van der Waals surface area contributed by atoms with E-state index >= 15 is 0 Å². The quantitative estimate of drug-likeness (QED) is 0.640. The second-order valence-corrected chi connectivity index (χ2v) is 7.20. The van der Waals surface area contributed by atoms with Gasteiger partial charge in [0.2, 0.25) is 10.0 Å². The summed E-state index contributed by atoms with van der Waals surface area (Å²) in [5.41, 5.74) is 0.982. The number of hydrogen-bond acceptors (Lipinski definition) is 5. The first-order valence-electron chi connectivity index (χ1n) is 7.38. The lowest BCUT2D eigenvalue weighted by atomic mass is 10.1. The van der Waals surface area contributed by atoms with E-state index in [0.29, 0.717) is 18.7 Å². The van der Waals surface area contributed by atoms with Gasteiger partial charge >= 0.3 is 5.97 Å². The van der Waals surface area contributed by atoms with Crippen molar-refractivity contribution in [3.8, 4) is 0 Å². The summed E-state index contributed by atoms with van der Waals surface area (Å²) in [5, 5.41) is 11.6. The first-order chi connectivity index (χ1) is 11.7. The average Bonchev–Trinajstić information content (AvgIpc) is 3.01. The van der Waals surface area contributed by atoms with Crippen molar-refractivity contribution < 1.29 is 27.5 Å². The lowest BCUT2D eigenvalue weighted by Gasteiger charge is -2.05. The number of carbonyl (C=O) groups excluding carboxylic acids is 1. The molecule has 0 unspecified atom stereocenters. The van der Waals surface area contributed by atoms with Gasteiger partial charge in [0.15, 0.2) is 5.76 Å². The van der Waals surface area contributed by atoms with Crippen LogP contribution in [0, 0.1) is 0 Å². The number of rotatable bonds is 8. The van der Waals surface area contributed by atoms with Crippen LogP contribution >= 0.6 is 0 Å². The van der Waals surface area contributed by atoms with E-state index in [0.717, 1.165) is 11.8 Å². The molecular weight excluding hydrogens is 348 g/mol. The maximum absolute atomic E-state index is 12.0. The third kappa shape index (κ3) is 6.05. The fourth-order valence-corrected chi connectivity index (χ4v) is 2.47. The Morgan fingerprint density at radius 2 is 1.96 bits per heavy atom. The number of carboxylic acid groups (broad SMARTS) is 1. The van der Waals surface area contributed by atoms with Crippen LogP contribution in [0.25, 0.3) is 0 Å². The zero-order chi connectivity index (χ0) is 18.4. The summed E-state index contributed by atoms with van der Waals surface area (Å²) in [6, 6.07) is 9.45. The number of benzene rings is 1. The zero-order valence-corrected chi connectivity index (χ0v) is 14.3. The summed E-state index contributed by atoms with van der Waals surface area (Å²) < 4.78 is 29.6. The van der Waals surface area contributed by atoms with Gasteiger partial charge in [-0.3, -0.25) is 4.79 Å². The number of hydrogen-bond donors (Lipinski definition) is 3. The van der Waals surface area contributed by atoms with Crippen molar-refractivity contribution in [2.75, 3.05) is 12.8 Å². The Bertz CT molecular complexity index is 872. The normalized spacial score (nSPS) is 11.2. The van der Waals surface area contributed by atoms with Crippen LogP contribution in [0.3, 0.4) is 0 Å². The maximum Gasteiger partial charge on any atom is 0.335 e. The van der Waals surface area contributed by atoms with Crippen molar-refractivity contribution in [2.45, 2.75) is 13.0 Å². The highest BCUT2D eigenvalue weighted by molar-refractivity contribution is 7.88. The minimum absolute atomic E-state index is 0.0336. The molecule has 0 fully saturated rings. The van der Waals surface area contributed by atoms with Crippen molar-refractivity contribution in [3.05, 3.63) is 59.0 Å². The predicted molar refractivity (Wildman–Crippen MR) is 89.8 cm³/mol. The monoisotopic (exact) mass is 366 g/mol. The van der Waals surface area contributed by atoms with Gasteiger partial charge < -0.3 is 14.8 Å². The minimum Gasteiger partial charge on any atom is -0.478 e. The summed E-state index contributed by atoms with van der Waals surface area (Å²) in [7, 11) is -3.34. The molecule has 3 N–H and O–H groups in total. The summed E-state index contributed by atoms with van der Waals surface area (Å²) in [6.07, 6.45) is 1.50. The molecule has 1 heterocycles. The van der Waals surface area contributed by atoms with E-state index < -0.39 is 21.9 Å². The van der Waals surface area contributed by atoms with E-state index in [2.05, 4.69) is 10.0 Å². The predicted octanol–water partition coefficient (Wildman–Crippen LogP) is 0.999. The molecule has 0 aliphatic rings. The van der Waals surface area contributed by atoms with Crippen LogP contribution in [0.5, 0.6) is 0 Å². The fraction of sp³-hybridized carbons (Fsp3) is 0.250. The van der Waals surface area contributed by atoms with Gasteiger partial charge in [-0.25, -0.2) is 17.9 Å². The number of nitrogens with one attached hydrogen (secondary N) is 2. The van der Waals surface area contributed by atoms with Gasteiger partial charge in [-0.05, 0) is 36.2 Å². The number of furan rings is 1. The SMILES string of the molecule is CS(=O)(=O)NCc1ccc(C(=O)NCCc2cccc(C(=O)O)c2)o1. The van der Waals surface area contributed by atoms with Crippen molar-refractivity contribution in [1.82, 2.24) is 10.0 Å². The molecule has 25 heavy (non-hydrogen) atoms. The molecule has 134 valence electrons. The molecule has 0 aliphatic carbocycles. The first-order valence-corrected chi connectivity index (χ1v) is 9.27. The van der Waals surface area contributed by atoms with E-state index in [9.17, 15) is 18.0 Å². The molecule has 0 atom stereocenters. The molecule has 2 rings (SSSR count). The van der Waals surface area contributed by atoms with E-state index in [4.69, 9.17) is 9.52 Å². The molecule has 0 spiro atoms. The van der Waals surface area contributed by atoms with Gasteiger partial charge in [0.05, 0.1) is 18.4 Å². The molecule has 1 aromatic heterocycles. The summed E-state index contributed by atoms with van der Waals surface area (Å²) >= 11 is 0. The van der Waals surface area contributed by atoms with Crippen LogP contribution < -0.4 is 10.0 Å². The number of carbonyl (C=O) groups is 2. The van der Waals surface area contributed by atoms with Crippen LogP contribution in [-0.2, 0) is 23.0 Å². The van der Waals surface area contributed by atoms with Gasteiger partial charge in [0.25, 0.3) is 5.91 Å².